The van der Waals surface area contributed by atoms with E-state index in [9.17, 15) is 13.2 Å². The second kappa shape index (κ2) is 5.14. The monoisotopic (exact) mass is 250 g/mol. The molecular weight excluding hydrogens is 229 g/mol. The molecule has 0 aromatic heterocycles. The van der Waals surface area contributed by atoms with Gasteiger partial charge in [-0.25, -0.2) is 0 Å². The first-order valence-corrected chi connectivity index (χ1v) is 6.50. The van der Waals surface area contributed by atoms with E-state index in [1.165, 1.54) is 12.8 Å². The predicted octanol–water partition coefficient (Wildman–Crippen LogP) is 2.40. The molecule has 2 nitrogen and oxygen atoms in total. The van der Waals surface area contributed by atoms with Crippen LogP contribution in [0.25, 0.3) is 0 Å². The zero-order valence-electron chi connectivity index (χ0n) is 10.3. The summed E-state index contributed by atoms with van der Waals surface area (Å²) in [5.74, 6) is 0.702. The molecule has 2 unspecified atom stereocenters. The van der Waals surface area contributed by atoms with Crippen LogP contribution in [0.3, 0.4) is 0 Å². The van der Waals surface area contributed by atoms with Crippen molar-refractivity contribution in [2.75, 3.05) is 19.6 Å². The van der Waals surface area contributed by atoms with Gasteiger partial charge in [0, 0.05) is 18.6 Å². The molecule has 2 aliphatic rings. The molecule has 0 aromatic carbocycles. The van der Waals surface area contributed by atoms with E-state index in [0.29, 0.717) is 12.0 Å². The van der Waals surface area contributed by atoms with Gasteiger partial charge in [0.1, 0.15) is 0 Å². The Morgan fingerprint density at radius 2 is 2.06 bits per heavy atom. The van der Waals surface area contributed by atoms with Crippen LogP contribution in [0.2, 0.25) is 0 Å². The fraction of sp³-hybridized carbons (Fsp3) is 1.00. The van der Waals surface area contributed by atoms with Crippen molar-refractivity contribution in [3.8, 4) is 0 Å². The molecule has 0 aromatic rings. The molecule has 1 heterocycles. The smallest absolute Gasteiger partial charge is 0.312 e. The van der Waals surface area contributed by atoms with E-state index < -0.39 is 18.6 Å². The van der Waals surface area contributed by atoms with Crippen LogP contribution < -0.4 is 5.32 Å². The standard InChI is InChI=1S/C12H21F3N2/c1-9(7-12(13,14)15)17-6-2-5-16-11(8-17)10-3-4-10/h9-11,16H,2-8H2,1H3. The van der Waals surface area contributed by atoms with Crippen LogP contribution in [0.1, 0.15) is 32.6 Å². The topological polar surface area (TPSA) is 15.3 Å². The molecule has 1 aliphatic carbocycles. The summed E-state index contributed by atoms with van der Waals surface area (Å²) < 4.78 is 37.2. The molecule has 17 heavy (non-hydrogen) atoms. The third kappa shape index (κ3) is 4.14. The molecule has 0 spiro atoms. The minimum absolute atomic E-state index is 0.392. The second-order valence-corrected chi connectivity index (χ2v) is 5.41. The maximum Gasteiger partial charge on any atom is 0.390 e. The summed E-state index contributed by atoms with van der Waals surface area (Å²) in [5, 5.41) is 3.47. The number of rotatable bonds is 3. The molecule has 1 saturated carbocycles. The highest BCUT2D eigenvalue weighted by atomic mass is 19.4. The van der Waals surface area contributed by atoms with Crippen LogP contribution in [-0.2, 0) is 0 Å². The van der Waals surface area contributed by atoms with E-state index in [2.05, 4.69) is 5.32 Å². The summed E-state index contributed by atoms with van der Waals surface area (Å²) in [6, 6.07) is 0.0179. The zero-order valence-corrected chi connectivity index (χ0v) is 10.3. The maximum atomic E-state index is 12.4. The normalized spacial score (nSPS) is 30.0. The average Bonchev–Trinajstić information content (AvgIpc) is 3.02. The van der Waals surface area contributed by atoms with Gasteiger partial charge in [-0.1, -0.05) is 0 Å². The first-order chi connectivity index (χ1) is 7.96. The van der Waals surface area contributed by atoms with Crippen LogP contribution >= 0.6 is 0 Å². The molecule has 1 aliphatic heterocycles. The molecule has 0 amide bonds. The Kier molecular flexibility index (Phi) is 3.98. The number of alkyl halides is 3. The fourth-order valence-corrected chi connectivity index (χ4v) is 2.66. The molecule has 1 N–H and O–H groups in total. The van der Waals surface area contributed by atoms with E-state index in [-0.39, 0.29) is 0 Å². The van der Waals surface area contributed by atoms with Gasteiger partial charge in [0.15, 0.2) is 0 Å². The molecule has 1 saturated heterocycles. The fourth-order valence-electron chi connectivity index (χ4n) is 2.66. The maximum absolute atomic E-state index is 12.4. The first kappa shape index (κ1) is 13.1. The van der Waals surface area contributed by atoms with Gasteiger partial charge in [-0.05, 0) is 45.2 Å². The number of nitrogens with zero attached hydrogens (tertiary/aromatic N) is 1. The van der Waals surface area contributed by atoms with Crippen molar-refractivity contribution in [3.05, 3.63) is 0 Å². The molecule has 0 bridgehead atoms. The van der Waals surface area contributed by atoms with Gasteiger partial charge in [0.05, 0.1) is 6.42 Å². The summed E-state index contributed by atoms with van der Waals surface area (Å²) in [6.45, 7) is 4.20. The van der Waals surface area contributed by atoms with Crippen molar-refractivity contribution in [2.24, 2.45) is 5.92 Å². The van der Waals surface area contributed by atoms with E-state index in [4.69, 9.17) is 0 Å². The van der Waals surface area contributed by atoms with Crippen molar-refractivity contribution in [3.63, 3.8) is 0 Å². The molecule has 2 atom stereocenters. The van der Waals surface area contributed by atoms with Crippen molar-refractivity contribution in [1.82, 2.24) is 10.2 Å². The zero-order chi connectivity index (χ0) is 12.5. The van der Waals surface area contributed by atoms with Gasteiger partial charge in [0.2, 0.25) is 0 Å². The summed E-state index contributed by atoms with van der Waals surface area (Å²) in [5.41, 5.74) is 0. The highest BCUT2D eigenvalue weighted by molar-refractivity contribution is 4.91. The Labute approximate surface area is 101 Å². The van der Waals surface area contributed by atoms with Crippen LogP contribution in [-0.4, -0.2) is 42.8 Å². The van der Waals surface area contributed by atoms with E-state index in [1.807, 2.05) is 4.90 Å². The lowest BCUT2D eigenvalue weighted by molar-refractivity contribution is -0.146. The van der Waals surface area contributed by atoms with Crippen molar-refractivity contribution in [1.29, 1.82) is 0 Å². The molecule has 2 rings (SSSR count). The Balaban J connectivity index is 1.88. The van der Waals surface area contributed by atoms with Gasteiger partial charge in [-0.2, -0.15) is 13.2 Å². The third-order valence-corrected chi connectivity index (χ3v) is 3.80. The quantitative estimate of drug-likeness (QED) is 0.827. The van der Waals surface area contributed by atoms with Gasteiger partial charge >= 0.3 is 6.18 Å². The van der Waals surface area contributed by atoms with E-state index in [0.717, 1.165) is 26.1 Å². The summed E-state index contributed by atoms with van der Waals surface area (Å²) in [7, 11) is 0. The molecule has 0 radical (unpaired) electrons. The van der Waals surface area contributed by atoms with Crippen LogP contribution in [0, 0.1) is 5.92 Å². The largest absolute Gasteiger partial charge is 0.390 e. The average molecular weight is 250 g/mol. The summed E-state index contributed by atoms with van der Waals surface area (Å²) >= 11 is 0. The van der Waals surface area contributed by atoms with Crippen molar-refractivity contribution >= 4 is 0 Å². The molecule has 2 fully saturated rings. The van der Waals surface area contributed by atoms with Gasteiger partial charge < -0.3 is 5.32 Å². The minimum atomic E-state index is -4.05. The van der Waals surface area contributed by atoms with Gasteiger partial charge in [0.25, 0.3) is 0 Å². The third-order valence-electron chi connectivity index (χ3n) is 3.80. The Morgan fingerprint density at radius 1 is 1.35 bits per heavy atom. The highest BCUT2D eigenvalue weighted by Gasteiger charge is 2.37. The van der Waals surface area contributed by atoms with Gasteiger partial charge in [-0.3, -0.25) is 4.90 Å². The first-order valence-electron chi connectivity index (χ1n) is 6.50. The molecular formula is C12H21F3N2. The number of hydrogen-bond donors (Lipinski definition) is 1. The van der Waals surface area contributed by atoms with E-state index >= 15 is 0 Å². The van der Waals surface area contributed by atoms with Crippen LogP contribution in [0.5, 0.6) is 0 Å². The number of halogens is 3. The molecule has 5 heteroatoms. The van der Waals surface area contributed by atoms with E-state index in [1.54, 1.807) is 6.92 Å². The highest BCUT2D eigenvalue weighted by Crippen LogP contribution is 2.34. The lowest BCUT2D eigenvalue weighted by Gasteiger charge is -2.30. The summed E-state index contributed by atoms with van der Waals surface area (Å²) in [4.78, 5) is 2.01. The Morgan fingerprint density at radius 3 is 2.65 bits per heavy atom. The van der Waals surface area contributed by atoms with Crippen LogP contribution in [0.4, 0.5) is 13.2 Å². The molecule has 100 valence electrons. The lowest BCUT2D eigenvalue weighted by Crippen LogP contribution is -2.44. The van der Waals surface area contributed by atoms with Gasteiger partial charge in [-0.15, -0.1) is 0 Å². The number of nitrogens with one attached hydrogen (secondary N) is 1. The SMILES string of the molecule is CC(CC(F)(F)F)N1CCCNC(C2CC2)C1. The second-order valence-electron chi connectivity index (χ2n) is 5.41. The minimum Gasteiger partial charge on any atom is -0.312 e. The van der Waals surface area contributed by atoms with Crippen LogP contribution in [0.15, 0.2) is 0 Å². The van der Waals surface area contributed by atoms with Crippen molar-refractivity contribution in [2.45, 2.75) is 50.9 Å². The predicted molar refractivity (Wildman–Crippen MR) is 60.8 cm³/mol. The van der Waals surface area contributed by atoms with Crippen molar-refractivity contribution < 1.29 is 13.2 Å². The Hall–Kier alpha value is -0.290. The lowest BCUT2D eigenvalue weighted by atomic mass is 10.1. The Bertz CT molecular complexity index is 251. The summed E-state index contributed by atoms with van der Waals surface area (Å²) in [6.07, 6.45) is -1.32. The number of hydrogen-bond acceptors (Lipinski definition) is 2.